The number of nitrogens with zero attached hydrogens (tertiary/aromatic N) is 2. The van der Waals surface area contributed by atoms with Crippen molar-refractivity contribution in [2.45, 2.75) is 32.2 Å². The summed E-state index contributed by atoms with van der Waals surface area (Å²) in [6, 6.07) is 3.69. The average molecular weight is 382 g/mol. The van der Waals surface area contributed by atoms with E-state index in [0.29, 0.717) is 38.9 Å². The van der Waals surface area contributed by atoms with Crippen LogP contribution in [-0.2, 0) is 26.2 Å². The van der Waals surface area contributed by atoms with Crippen molar-refractivity contribution in [3.05, 3.63) is 30.1 Å². The molecule has 1 aliphatic rings. The van der Waals surface area contributed by atoms with Gasteiger partial charge in [-0.25, -0.2) is 12.7 Å². The van der Waals surface area contributed by atoms with Crippen molar-refractivity contribution in [2.24, 2.45) is 5.92 Å². The fourth-order valence-corrected chi connectivity index (χ4v) is 3.78. The Morgan fingerprint density at radius 3 is 2.88 bits per heavy atom. The third kappa shape index (κ3) is 6.72. The molecular formula is C17H26N4O4S. The van der Waals surface area contributed by atoms with E-state index in [4.69, 9.17) is 0 Å². The number of amides is 2. The molecule has 1 saturated heterocycles. The summed E-state index contributed by atoms with van der Waals surface area (Å²) < 4.78 is 25.0. The summed E-state index contributed by atoms with van der Waals surface area (Å²) in [4.78, 5) is 28.4. The lowest BCUT2D eigenvalue weighted by atomic mass is 9.98. The number of aromatic nitrogens is 1. The van der Waals surface area contributed by atoms with Crippen LogP contribution in [0.15, 0.2) is 24.5 Å². The van der Waals surface area contributed by atoms with Crippen LogP contribution < -0.4 is 10.6 Å². The van der Waals surface area contributed by atoms with Gasteiger partial charge in [0.2, 0.25) is 21.8 Å². The highest BCUT2D eigenvalue weighted by molar-refractivity contribution is 7.88. The van der Waals surface area contributed by atoms with Gasteiger partial charge in [-0.1, -0.05) is 6.07 Å². The Morgan fingerprint density at radius 1 is 1.38 bits per heavy atom. The smallest absolute Gasteiger partial charge is 0.223 e. The highest BCUT2D eigenvalue weighted by Gasteiger charge is 2.23. The molecule has 0 bridgehead atoms. The summed E-state index contributed by atoms with van der Waals surface area (Å²) in [6.07, 6.45) is 6.32. The standard InChI is InChI=1S/C17H26N4O4S/c1-26(24,25)21-10-3-5-15(6-9-19-16(22)7-11-21)17(23)20-13-14-4-2-8-18-12-14/h2,4,8,12,15H,3,5-7,9-11,13H2,1H3,(H,19,22)(H,20,23). The van der Waals surface area contributed by atoms with E-state index in [1.807, 2.05) is 12.1 Å². The number of sulfonamides is 1. The molecule has 1 fully saturated rings. The molecule has 0 radical (unpaired) electrons. The maximum absolute atomic E-state index is 12.5. The van der Waals surface area contributed by atoms with Crippen molar-refractivity contribution in [3.63, 3.8) is 0 Å². The van der Waals surface area contributed by atoms with Crippen LogP contribution in [0, 0.1) is 5.92 Å². The normalized spacial score (nSPS) is 20.7. The zero-order valence-electron chi connectivity index (χ0n) is 15.0. The summed E-state index contributed by atoms with van der Waals surface area (Å²) >= 11 is 0. The minimum atomic E-state index is -3.37. The lowest BCUT2D eigenvalue weighted by Crippen LogP contribution is -2.35. The van der Waals surface area contributed by atoms with Gasteiger partial charge in [0.1, 0.15) is 0 Å². The second kappa shape index (κ2) is 9.63. The minimum Gasteiger partial charge on any atom is -0.356 e. The Kier molecular flexibility index (Phi) is 7.52. The van der Waals surface area contributed by atoms with Gasteiger partial charge in [0.05, 0.1) is 6.26 Å². The summed E-state index contributed by atoms with van der Waals surface area (Å²) in [5.74, 6) is -0.560. The molecule has 1 unspecified atom stereocenters. The zero-order valence-corrected chi connectivity index (χ0v) is 15.8. The molecule has 2 amide bonds. The number of hydrogen-bond donors (Lipinski definition) is 2. The Hall–Kier alpha value is -2.00. The van der Waals surface area contributed by atoms with Gasteiger partial charge in [0.25, 0.3) is 0 Å². The van der Waals surface area contributed by atoms with Crippen LogP contribution in [0.1, 0.15) is 31.2 Å². The Balaban J connectivity index is 1.96. The van der Waals surface area contributed by atoms with Gasteiger partial charge in [0.15, 0.2) is 0 Å². The highest BCUT2D eigenvalue weighted by atomic mass is 32.2. The van der Waals surface area contributed by atoms with Gasteiger partial charge in [-0.3, -0.25) is 14.6 Å². The van der Waals surface area contributed by atoms with Crippen molar-refractivity contribution in [1.29, 1.82) is 0 Å². The molecule has 8 nitrogen and oxygen atoms in total. The maximum Gasteiger partial charge on any atom is 0.223 e. The van der Waals surface area contributed by atoms with E-state index < -0.39 is 10.0 Å². The summed E-state index contributed by atoms with van der Waals surface area (Å²) in [5.41, 5.74) is 0.911. The summed E-state index contributed by atoms with van der Waals surface area (Å²) in [6.45, 7) is 1.29. The largest absolute Gasteiger partial charge is 0.356 e. The monoisotopic (exact) mass is 382 g/mol. The molecule has 2 heterocycles. The molecule has 0 spiro atoms. The van der Waals surface area contributed by atoms with Crippen molar-refractivity contribution in [1.82, 2.24) is 19.9 Å². The third-order valence-electron chi connectivity index (χ3n) is 4.39. The maximum atomic E-state index is 12.5. The van der Waals surface area contributed by atoms with Crippen LogP contribution in [0.4, 0.5) is 0 Å². The van der Waals surface area contributed by atoms with Crippen LogP contribution in [0.25, 0.3) is 0 Å². The third-order valence-corrected chi connectivity index (χ3v) is 5.70. The van der Waals surface area contributed by atoms with Crippen molar-refractivity contribution in [2.75, 3.05) is 25.9 Å². The van der Waals surface area contributed by atoms with Crippen LogP contribution in [-0.4, -0.2) is 55.4 Å². The van der Waals surface area contributed by atoms with Gasteiger partial charge in [0, 0.05) is 50.9 Å². The lowest BCUT2D eigenvalue weighted by Gasteiger charge is -2.20. The first-order valence-electron chi connectivity index (χ1n) is 8.74. The van der Waals surface area contributed by atoms with Crippen LogP contribution >= 0.6 is 0 Å². The Labute approximate surface area is 154 Å². The number of hydrogen-bond acceptors (Lipinski definition) is 5. The SMILES string of the molecule is CS(=O)(=O)N1CCCC(C(=O)NCc2cccnc2)CCNC(=O)CC1. The summed E-state index contributed by atoms with van der Waals surface area (Å²) in [7, 11) is -3.37. The molecule has 1 aliphatic heterocycles. The minimum absolute atomic E-state index is 0.0896. The Morgan fingerprint density at radius 2 is 2.19 bits per heavy atom. The fourth-order valence-electron chi connectivity index (χ4n) is 2.90. The topological polar surface area (TPSA) is 108 Å². The summed E-state index contributed by atoms with van der Waals surface area (Å²) in [5, 5.41) is 5.66. The molecule has 26 heavy (non-hydrogen) atoms. The molecule has 0 saturated carbocycles. The number of carbonyl (C=O) groups excluding carboxylic acids is 2. The fraction of sp³-hybridized carbons (Fsp3) is 0.588. The molecule has 1 aromatic heterocycles. The lowest BCUT2D eigenvalue weighted by molar-refractivity contribution is -0.126. The van der Waals surface area contributed by atoms with Gasteiger partial charge in [-0.05, 0) is 30.9 Å². The second-order valence-electron chi connectivity index (χ2n) is 6.47. The highest BCUT2D eigenvalue weighted by Crippen LogP contribution is 2.14. The van der Waals surface area contributed by atoms with E-state index in [0.717, 1.165) is 11.8 Å². The van der Waals surface area contributed by atoms with Gasteiger partial charge in [-0.15, -0.1) is 0 Å². The molecule has 9 heteroatoms. The average Bonchev–Trinajstić information content (AvgIpc) is 2.64. The number of rotatable bonds is 4. The first-order valence-corrected chi connectivity index (χ1v) is 10.6. The number of nitrogens with one attached hydrogen (secondary N) is 2. The van der Waals surface area contributed by atoms with Crippen LogP contribution in [0.3, 0.4) is 0 Å². The van der Waals surface area contributed by atoms with Crippen LogP contribution in [0.2, 0.25) is 0 Å². The second-order valence-corrected chi connectivity index (χ2v) is 8.45. The van der Waals surface area contributed by atoms with E-state index in [2.05, 4.69) is 15.6 Å². The number of carbonyl (C=O) groups is 2. The molecule has 2 rings (SSSR count). The van der Waals surface area contributed by atoms with Crippen molar-refractivity contribution < 1.29 is 18.0 Å². The van der Waals surface area contributed by atoms with E-state index in [1.54, 1.807) is 12.4 Å². The van der Waals surface area contributed by atoms with Gasteiger partial charge in [-0.2, -0.15) is 0 Å². The molecule has 144 valence electrons. The quantitative estimate of drug-likeness (QED) is 0.777. The van der Waals surface area contributed by atoms with E-state index in [-0.39, 0.29) is 30.7 Å². The first kappa shape index (κ1) is 20.3. The zero-order chi connectivity index (χ0) is 19.0. The molecule has 2 N–H and O–H groups in total. The Bertz CT molecular complexity index is 709. The molecule has 0 aromatic carbocycles. The van der Waals surface area contributed by atoms with Gasteiger partial charge >= 0.3 is 0 Å². The van der Waals surface area contributed by atoms with Crippen LogP contribution in [0.5, 0.6) is 0 Å². The van der Waals surface area contributed by atoms with Crippen molar-refractivity contribution >= 4 is 21.8 Å². The van der Waals surface area contributed by atoms with Gasteiger partial charge < -0.3 is 10.6 Å². The first-order chi connectivity index (χ1) is 12.4. The molecule has 0 aliphatic carbocycles. The van der Waals surface area contributed by atoms with E-state index in [9.17, 15) is 18.0 Å². The molecule has 1 atom stereocenters. The molecule has 1 aromatic rings. The predicted molar refractivity (Wildman–Crippen MR) is 97.5 cm³/mol. The molecular weight excluding hydrogens is 356 g/mol. The van der Waals surface area contributed by atoms with Crippen molar-refractivity contribution in [3.8, 4) is 0 Å². The number of pyridine rings is 1. The van der Waals surface area contributed by atoms with E-state index in [1.165, 1.54) is 4.31 Å². The predicted octanol–water partition coefficient (Wildman–Crippen LogP) is 0.266. The van der Waals surface area contributed by atoms with E-state index >= 15 is 0 Å².